The fourth-order valence-corrected chi connectivity index (χ4v) is 4.76. The molecule has 15 heteroatoms. The summed E-state index contributed by atoms with van der Waals surface area (Å²) in [6.45, 7) is 3.31. The molecule has 3 rings (SSSR count). The number of carbonyl (C=O) groups is 2. The fraction of sp³-hybridized carbons (Fsp3) is 0.500. The summed E-state index contributed by atoms with van der Waals surface area (Å²) in [6, 6.07) is 5.61. The zero-order valence-corrected chi connectivity index (χ0v) is 22.7. The third kappa shape index (κ3) is 7.72. The highest BCUT2D eigenvalue weighted by Gasteiger charge is 2.54. The van der Waals surface area contributed by atoms with Gasteiger partial charge in [0, 0.05) is 19.2 Å². The van der Waals surface area contributed by atoms with Crippen molar-refractivity contribution >= 4 is 19.7 Å². The number of nitrogens with one attached hydrogen (secondary N) is 1. The normalized spacial score (nSPS) is 26.6. The van der Waals surface area contributed by atoms with Gasteiger partial charge in [-0.15, -0.1) is 0 Å². The lowest BCUT2D eigenvalue weighted by atomic mass is 9.96. The first-order valence-electron chi connectivity index (χ1n) is 13.2. The summed E-state index contributed by atoms with van der Waals surface area (Å²) in [5.74, 6) is -2.34. The summed E-state index contributed by atoms with van der Waals surface area (Å²) in [6.07, 6.45) is -5.77. The summed E-state index contributed by atoms with van der Waals surface area (Å²) in [7, 11) is -4.82. The van der Waals surface area contributed by atoms with Gasteiger partial charge in [-0.2, -0.15) is 10.1 Å². The van der Waals surface area contributed by atoms with Gasteiger partial charge in [-0.25, -0.2) is 9.36 Å². The predicted octanol–water partition coefficient (Wildman–Crippen LogP) is 1.31. The molecule has 0 amide bonds. The lowest BCUT2D eigenvalue weighted by Gasteiger charge is -2.27. The van der Waals surface area contributed by atoms with Crippen LogP contribution in [-0.2, 0) is 28.2 Å². The van der Waals surface area contributed by atoms with Crippen LogP contribution in [0, 0.1) is 0 Å². The molecule has 0 unspecified atom stereocenters. The molecule has 6 atom stereocenters. The van der Waals surface area contributed by atoms with Gasteiger partial charge < -0.3 is 28.9 Å². The lowest BCUT2D eigenvalue weighted by Crippen LogP contribution is -2.46. The zero-order valence-electron chi connectivity index (χ0n) is 24.8. The van der Waals surface area contributed by atoms with Crippen LogP contribution in [-0.4, -0.2) is 68.2 Å². The molecule has 14 nitrogen and oxygen atoms in total. The van der Waals surface area contributed by atoms with Crippen LogP contribution in [0.2, 0.25) is 0 Å². The summed E-state index contributed by atoms with van der Waals surface area (Å²) >= 11 is 0. The largest absolute Gasteiger partial charge is 0.462 e. The first kappa shape index (κ1) is 26.1. The van der Waals surface area contributed by atoms with Gasteiger partial charge in [-0.3, -0.25) is 18.7 Å². The minimum Gasteiger partial charge on any atom is -0.462 e. The van der Waals surface area contributed by atoms with Gasteiger partial charge in [0.15, 0.2) is 6.23 Å². The molecule has 1 aromatic heterocycles. The Morgan fingerprint density at radius 3 is 2.62 bits per heavy atom. The van der Waals surface area contributed by atoms with E-state index in [0.29, 0.717) is 4.57 Å². The molecule has 1 fully saturated rings. The van der Waals surface area contributed by atoms with Crippen molar-refractivity contribution < 1.29 is 51.7 Å². The molecular weight excluding hydrogens is 537 g/mol. The summed E-state index contributed by atoms with van der Waals surface area (Å²) < 4.78 is 65.5. The topological polar surface area (TPSA) is 185 Å². The molecule has 0 bridgehead atoms. The van der Waals surface area contributed by atoms with Gasteiger partial charge >= 0.3 is 25.4 Å². The van der Waals surface area contributed by atoms with Crippen LogP contribution < -0.4 is 20.0 Å². The Balaban J connectivity index is 1.94. The van der Waals surface area contributed by atoms with Crippen LogP contribution in [0.5, 0.6) is 11.6 Å². The van der Waals surface area contributed by atoms with E-state index in [2.05, 4.69) is 10.1 Å². The van der Waals surface area contributed by atoms with Gasteiger partial charge in [-0.05, 0) is 39.8 Å². The van der Waals surface area contributed by atoms with E-state index >= 15 is 0 Å². The first-order chi connectivity index (χ1) is 19.4. The number of aliphatic hydroxyl groups excluding tert-OH is 1. The van der Waals surface area contributed by atoms with E-state index < -0.39 is 80.0 Å². The smallest absolute Gasteiger partial charge is 0.459 e. The van der Waals surface area contributed by atoms with E-state index in [1.54, 1.807) is 19.9 Å². The summed E-state index contributed by atoms with van der Waals surface area (Å²) in [4.78, 5) is 39.8. The molecule has 0 aliphatic carbocycles. The van der Waals surface area contributed by atoms with E-state index in [1.807, 2.05) is 0 Å². The standard InChI is InChI=1S/C24H32N3O11P/c1-14(2)35-21(30)15(3)26-39(33,38-17-9-7-6-8-10-17)34-13-18-20(29)24(5,32)22(37-18)27-12-11-19(25-23(27)31)36-16(4)28/h6-12,14-15,18,20,22,29,32H,13H2,1-5H3,(H,26,33)/t15-,18+,20+,22+,24+,39-/m0/s1/i11D,13D2. The van der Waals surface area contributed by atoms with E-state index in [0.717, 1.165) is 20.0 Å². The maximum absolute atomic E-state index is 13.9. The summed E-state index contributed by atoms with van der Waals surface area (Å²) in [5.41, 5.74) is -3.56. The number of esters is 2. The van der Waals surface area contributed by atoms with E-state index in [1.165, 1.54) is 31.2 Å². The van der Waals surface area contributed by atoms with Gasteiger partial charge in [0.2, 0.25) is 5.88 Å². The number of aliphatic hydroxyl groups is 2. The van der Waals surface area contributed by atoms with Crippen LogP contribution in [0.25, 0.3) is 0 Å². The molecule has 2 heterocycles. The van der Waals surface area contributed by atoms with Crippen molar-refractivity contribution in [1.82, 2.24) is 14.6 Å². The average Bonchev–Trinajstić information content (AvgIpc) is 3.09. The molecule has 1 aliphatic rings. The van der Waals surface area contributed by atoms with Gasteiger partial charge in [0.1, 0.15) is 29.6 Å². The Kier molecular flexibility index (Phi) is 8.28. The summed E-state index contributed by atoms with van der Waals surface area (Å²) in [5, 5.41) is 24.3. The van der Waals surface area contributed by atoms with Gasteiger partial charge in [-0.1, -0.05) is 18.2 Å². The SMILES string of the molecule is [2H]c1cn([C@@H]2O[C@H](C([2H])([2H])O[P@@](=O)(N[C@@H](C)C(=O)OC(C)C)Oc3ccccc3)[C@@H](O)[C@@]2(C)O)c(=O)nc1OC(C)=O. The van der Waals surface area contributed by atoms with Crippen LogP contribution >= 0.6 is 7.75 Å². The third-order valence-corrected chi connectivity index (χ3v) is 6.71. The van der Waals surface area contributed by atoms with E-state index in [4.69, 9.17) is 27.4 Å². The van der Waals surface area contributed by atoms with Crippen LogP contribution in [0.15, 0.2) is 47.4 Å². The van der Waals surface area contributed by atoms with E-state index in [9.17, 15) is 29.2 Å². The number of nitrogens with zero attached hydrogens (tertiary/aromatic N) is 2. The molecule has 39 heavy (non-hydrogen) atoms. The van der Waals surface area contributed by atoms with Crippen molar-refractivity contribution in [3.05, 3.63) is 53.1 Å². The highest BCUT2D eigenvalue weighted by molar-refractivity contribution is 7.52. The maximum atomic E-state index is 13.9. The zero-order chi connectivity index (χ0) is 31.6. The van der Waals surface area contributed by atoms with Crippen molar-refractivity contribution in [2.75, 3.05) is 6.56 Å². The fourth-order valence-electron chi connectivity index (χ4n) is 3.39. The van der Waals surface area contributed by atoms with E-state index in [-0.39, 0.29) is 5.75 Å². The Labute approximate surface area is 228 Å². The second-order valence-corrected chi connectivity index (χ2v) is 10.6. The minimum atomic E-state index is -4.82. The van der Waals surface area contributed by atoms with Crippen molar-refractivity contribution in [3.63, 3.8) is 0 Å². The van der Waals surface area contributed by atoms with Crippen molar-refractivity contribution in [3.8, 4) is 11.6 Å². The van der Waals surface area contributed by atoms with Crippen molar-refractivity contribution in [1.29, 1.82) is 0 Å². The molecule has 1 saturated heterocycles. The van der Waals surface area contributed by atoms with Gasteiger partial charge in [0.05, 0.1) is 16.8 Å². The number of aromatic nitrogens is 2. The monoisotopic (exact) mass is 572 g/mol. The van der Waals surface area contributed by atoms with Crippen LogP contribution in [0.1, 0.15) is 45.0 Å². The maximum Gasteiger partial charge on any atom is 0.459 e. The number of benzene rings is 1. The average molecular weight is 573 g/mol. The second-order valence-electron chi connectivity index (χ2n) is 9.00. The molecule has 1 aromatic carbocycles. The highest BCUT2D eigenvalue weighted by atomic mass is 31.2. The van der Waals surface area contributed by atoms with Crippen LogP contribution in [0.3, 0.4) is 0 Å². The molecular formula is C24H32N3O11P. The Morgan fingerprint density at radius 2 is 2.00 bits per heavy atom. The van der Waals surface area contributed by atoms with Gasteiger partial charge in [0.25, 0.3) is 0 Å². The second kappa shape index (κ2) is 12.4. The quantitative estimate of drug-likeness (QED) is 0.259. The predicted molar refractivity (Wildman–Crippen MR) is 135 cm³/mol. The van der Waals surface area contributed by atoms with Crippen LogP contribution in [0.4, 0.5) is 0 Å². The molecule has 1 aliphatic heterocycles. The molecule has 2 aromatic rings. The number of rotatable bonds is 11. The molecule has 0 radical (unpaired) electrons. The lowest BCUT2D eigenvalue weighted by molar-refractivity contribution is -0.149. The highest BCUT2D eigenvalue weighted by Crippen LogP contribution is 2.46. The Bertz CT molecular complexity index is 1410. The Morgan fingerprint density at radius 1 is 1.33 bits per heavy atom. The third-order valence-electron chi connectivity index (χ3n) is 5.21. The molecule has 214 valence electrons. The first-order valence-corrected chi connectivity index (χ1v) is 13.3. The molecule has 3 N–H and O–H groups in total. The number of para-hydroxylation sites is 1. The molecule has 0 spiro atoms. The number of hydrogen-bond acceptors (Lipinski definition) is 12. The number of carbonyl (C=O) groups excluding carboxylic acids is 2. The minimum absolute atomic E-state index is 0.0280. The number of hydrogen-bond donors (Lipinski definition) is 3. The number of ether oxygens (including phenoxy) is 3. The van der Waals surface area contributed by atoms with Crippen molar-refractivity contribution in [2.45, 2.75) is 70.8 Å². The Hall–Kier alpha value is -3.13. The molecule has 0 saturated carbocycles. The van der Waals surface area contributed by atoms with Crippen molar-refractivity contribution in [2.24, 2.45) is 0 Å².